The molecule has 0 bridgehead atoms. The maximum atomic E-state index is 4.92. The molecule has 6 heteroatoms. The standard InChI is InChI=1S/C25H24N4S2/c1-2-6-19(7-3-1)21-15-17-30-25(28-21)27-20-12-10-18(11-13-20)14-16-26-24-29-22-8-4-5-9-23(22)31-24/h1-13,21H,14-17H2,(H,26,29)(H,27,28)/t21-/m1/s1. The number of thiazole rings is 1. The minimum Gasteiger partial charge on any atom is -0.361 e. The third kappa shape index (κ3) is 5.09. The van der Waals surface area contributed by atoms with Gasteiger partial charge in [-0.1, -0.05) is 77.7 Å². The van der Waals surface area contributed by atoms with E-state index in [-0.39, 0.29) is 6.04 Å². The molecule has 0 saturated carbocycles. The highest BCUT2D eigenvalue weighted by atomic mass is 32.2. The third-order valence-corrected chi connectivity index (χ3v) is 7.19. The van der Waals surface area contributed by atoms with Crippen LogP contribution in [0.2, 0.25) is 0 Å². The molecular formula is C25H24N4S2. The Morgan fingerprint density at radius 3 is 2.55 bits per heavy atom. The first kappa shape index (κ1) is 20.1. The van der Waals surface area contributed by atoms with Crippen LogP contribution in [0.1, 0.15) is 23.6 Å². The molecule has 2 N–H and O–H groups in total. The number of benzene rings is 3. The number of fused-ring (bicyclic) bond motifs is 1. The predicted molar refractivity (Wildman–Crippen MR) is 136 cm³/mol. The fourth-order valence-corrected chi connectivity index (χ4v) is 5.45. The smallest absolute Gasteiger partial charge is 0.183 e. The second-order valence-electron chi connectivity index (χ2n) is 7.48. The molecule has 1 aliphatic heterocycles. The lowest BCUT2D eigenvalue weighted by atomic mass is 10.1. The quantitative estimate of drug-likeness (QED) is 0.352. The number of amidine groups is 1. The van der Waals surface area contributed by atoms with Gasteiger partial charge in [0.25, 0.3) is 0 Å². The molecule has 0 aliphatic carbocycles. The lowest BCUT2D eigenvalue weighted by molar-refractivity contribution is 0.705. The van der Waals surface area contributed by atoms with Crippen molar-refractivity contribution in [1.82, 2.24) is 4.98 Å². The van der Waals surface area contributed by atoms with Crippen molar-refractivity contribution in [2.75, 3.05) is 22.9 Å². The van der Waals surface area contributed by atoms with E-state index in [0.717, 1.165) is 46.6 Å². The van der Waals surface area contributed by atoms with Gasteiger partial charge in [-0.25, -0.2) is 4.98 Å². The van der Waals surface area contributed by atoms with Crippen LogP contribution in [0.5, 0.6) is 0 Å². The molecule has 0 amide bonds. The Hall–Kier alpha value is -2.83. The summed E-state index contributed by atoms with van der Waals surface area (Å²) in [6.45, 7) is 0.869. The normalized spacial score (nSPS) is 16.1. The predicted octanol–water partition coefficient (Wildman–Crippen LogP) is 6.60. The van der Waals surface area contributed by atoms with Crippen molar-refractivity contribution in [1.29, 1.82) is 0 Å². The molecule has 156 valence electrons. The van der Waals surface area contributed by atoms with E-state index < -0.39 is 0 Å². The lowest BCUT2D eigenvalue weighted by Gasteiger charge is -2.21. The third-order valence-electron chi connectivity index (χ3n) is 5.28. The Morgan fingerprint density at radius 1 is 0.903 bits per heavy atom. The van der Waals surface area contributed by atoms with Crippen LogP contribution in [0.4, 0.5) is 10.8 Å². The summed E-state index contributed by atoms with van der Waals surface area (Å²) in [4.78, 5) is 9.56. The van der Waals surface area contributed by atoms with Crippen LogP contribution in [-0.4, -0.2) is 22.4 Å². The van der Waals surface area contributed by atoms with Gasteiger partial charge in [0.2, 0.25) is 0 Å². The summed E-state index contributed by atoms with van der Waals surface area (Å²) in [7, 11) is 0. The summed E-state index contributed by atoms with van der Waals surface area (Å²) in [5.74, 6) is 1.08. The fourth-order valence-electron chi connectivity index (χ4n) is 3.64. The van der Waals surface area contributed by atoms with Crippen molar-refractivity contribution in [3.63, 3.8) is 0 Å². The number of aromatic nitrogens is 1. The number of nitrogens with zero attached hydrogens (tertiary/aromatic N) is 2. The van der Waals surface area contributed by atoms with Gasteiger partial charge >= 0.3 is 0 Å². The van der Waals surface area contributed by atoms with E-state index in [9.17, 15) is 0 Å². The Balaban J connectivity index is 1.16. The van der Waals surface area contributed by atoms with Gasteiger partial charge in [0, 0.05) is 18.0 Å². The van der Waals surface area contributed by atoms with Gasteiger partial charge in [0.15, 0.2) is 10.3 Å². The van der Waals surface area contributed by atoms with Crippen molar-refractivity contribution >= 4 is 49.3 Å². The van der Waals surface area contributed by atoms with Gasteiger partial charge in [-0.2, -0.15) is 0 Å². The number of hydrogen-bond donors (Lipinski definition) is 2. The highest BCUT2D eigenvalue weighted by Crippen LogP contribution is 2.30. The number of rotatable bonds is 6. The van der Waals surface area contributed by atoms with E-state index in [1.807, 2.05) is 6.07 Å². The van der Waals surface area contributed by atoms with E-state index in [1.54, 1.807) is 23.1 Å². The number of aliphatic imine (C=N–C) groups is 1. The summed E-state index contributed by atoms with van der Waals surface area (Å²) in [5.41, 5.74) is 4.74. The van der Waals surface area contributed by atoms with Crippen molar-refractivity contribution < 1.29 is 0 Å². The summed E-state index contributed by atoms with van der Waals surface area (Å²) < 4.78 is 1.22. The summed E-state index contributed by atoms with van der Waals surface area (Å²) in [6.07, 6.45) is 2.04. The molecule has 4 aromatic rings. The number of thioether (sulfide) groups is 1. The van der Waals surface area contributed by atoms with Crippen molar-refractivity contribution in [3.05, 3.63) is 90.0 Å². The largest absolute Gasteiger partial charge is 0.361 e. The van der Waals surface area contributed by atoms with Gasteiger partial charge in [-0.05, 0) is 48.2 Å². The van der Waals surface area contributed by atoms with E-state index >= 15 is 0 Å². The number of para-hydroxylation sites is 1. The first-order valence-electron chi connectivity index (χ1n) is 10.5. The van der Waals surface area contributed by atoms with Crippen molar-refractivity contribution in [2.24, 2.45) is 4.99 Å². The Bertz CT molecular complexity index is 1140. The zero-order valence-electron chi connectivity index (χ0n) is 17.1. The number of hydrogen-bond acceptors (Lipinski definition) is 6. The Labute approximate surface area is 190 Å². The van der Waals surface area contributed by atoms with Gasteiger partial charge in [0.1, 0.15) is 0 Å². The topological polar surface area (TPSA) is 49.3 Å². The van der Waals surface area contributed by atoms with Gasteiger partial charge in [-0.3, -0.25) is 4.99 Å². The first-order chi connectivity index (χ1) is 15.3. The van der Waals surface area contributed by atoms with Crippen LogP contribution >= 0.6 is 23.1 Å². The Morgan fingerprint density at radius 2 is 1.71 bits per heavy atom. The van der Waals surface area contributed by atoms with E-state index in [1.165, 1.54) is 15.8 Å². The molecule has 0 saturated heterocycles. The molecule has 0 radical (unpaired) electrons. The van der Waals surface area contributed by atoms with Gasteiger partial charge in [-0.15, -0.1) is 0 Å². The minimum atomic E-state index is 0.248. The molecule has 0 fully saturated rings. The molecule has 1 aromatic heterocycles. The van der Waals surface area contributed by atoms with E-state index in [0.29, 0.717) is 0 Å². The highest BCUT2D eigenvalue weighted by Gasteiger charge is 2.17. The molecule has 5 rings (SSSR count). The maximum Gasteiger partial charge on any atom is 0.183 e. The summed E-state index contributed by atoms with van der Waals surface area (Å²) >= 11 is 3.50. The molecule has 2 heterocycles. The average molecular weight is 445 g/mol. The number of nitrogens with one attached hydrogen (secondary N) is 2. The molecule has 31 heavy (non-hydrogen) atoms. The molecular weight excluding hydrogens is 420 g/mol. The van der Waals surface area contributed by atoms with Gasteiger partial charge in [0.05, 0.1) is 16.3 Å². The van der Waals surface area contributed by atoms with Gasteiger partial charge < -0.3 is 10.6 Å². The SMILES string of the molecule is c1ccc([C@H]2CCSC(Nc3ccc(CCNc4nc5ccccc5s4)cc3)=N2)cc1. The molecule has 0 spiro atoms. The zero-order valence-corrected chi connectivity index (χ0v) is 18.8. The van der Waals surface area contributed by atoms with Crippen LogP contribution in [0.25, 0.3) is 10.2 Å². The van der Waals surface area contributed by atoms with Crippen molar-refractivity contribution in [2.45, 2.75) is 18.9 Å². The summed E-state index contributed by atoms with van der Waals surface area (Å²) in [5, 5.41) is 8.94. The van der Waals surface area contributed by atoms with Crippen LogP contribution in [0, 0.1) is 0 Å². The molecule has 0 unspecified atom stereocenters. The van der Waals surface area contributed by atoms with Crippen LogP contribution in [-0.2, 0) is 6.42 Å². The number of anilines is 2. The minimum absolute atomic E-state index is 0.248. The van der Waals surface area contributed by atoms with Crippen molar-refractivity contribution in [3.8, 4) is 0 Å². The molecule has 4 nitrogen and oxygen atoms in total. The monoisotopic (exact) mass is 444 g/mol. The lowest BCUT2D eigenvalue weighted by Crippen LogP contribution is -2.16. The highest BCUT2D eigenvalue weighted by molar-refractivity contribution is 8.14. The van der Waals surface area contributed by atoms with Crippen LogP contribution < -0.4 is 10.6 Å². The fraction of sp³-hybridized carbons (Fsp3) is 0.200. The second kappa shape index (κ2) is 9.54. The molecule has 3 aromatic carbocycles. The second-order valence-corrected chi connectivity index (χ2v) is 9.60. The van der Waals surface area contributed by atoms with E-state index in [2.05, 4.69) is 88.4 Å². The van der Waals surface area contributed by atoms with Crippen LogP contribution in [0.3, 0.4) is 0 Å². The van der Waals surface area contributed by atoms with E-state index in [4.69, 9.17) is 4.99 Å². The summed E-state index contributed by atoms with van der Waals surface area (Å²) in [6, 6.07) is 27.7. The molecule has 1 aliphatic rings. The zero-order chi connectivity index (χ0) is 20.9. The Kier molecular flexibility index (Phi) is 6.18. The first-order valence-corrected chi connectivity index (χ1v) is 12.3. The van der Waals surface area contributed by atoms with Crippen LogP contribution in [0.15, 0.2) is 83.9 Å². The maximum absolute atomic E-state index is 4.92. The average Bonchev–Trinajstić information content (AvgIpc) is 3.24. The molecule has 1 atom stereocenters.